The predicted molar refractivity (Wildman–Crippen MR) is 106 cm³/mol. The zero-order valence-corrected chi connectivity index (χ0v) is 16.4. The summed E-state index contributed by atoms with van der Waals surface area (Å²) in [6.07, 6.45) is 0. The van der Waals surface area contributed by atoms with Crippen LogP contribution in [0.15, 0.2) is 36.4 Å². The van der Waals surface area contributed by atoms with Crippen LogP contribution in [0.5, 0.6) is 11.5 Å². The highest BCUT2D eigenvalue weighted by molar-refractivity contribution is 7.21. The molecule has 146 valence electrons. The average molecular weight is 401 g/mol. The van der Waals surface area contributed by atoms with Crippen LogP contribution in [0.2, 0.25) is 0 Å². The van der Waals surface area contributed by atoms with Crippen molar-refractivity contribution in [2.24, 2.45) is 0 Å². The molecule has 0 saturated carbocycles. The summed E-state index contributed by atoms with van der Waals surface area (Å²) in [5, 5.41) is 3.45. The number of thiophene rings is 1. The van der Waals surface area contributed by atoms with Crippen LogP contribution in [0.1, 0.15) is 33.8 Å². The molecule has 7 heteroatoms. The highest BCUT2D eigenvalue weighted by atomic mass is 32.1. The van der Waals surface area contributed by atoms with Gasteiger partial charge in [0, 0.05) is 22.8 Å². The number of carbonyl (C=O) groups is 1. The highest BCUT2D eigenvalue weighted by Crippen LogP contribution is 2.35. The molecular formula is C21H20FNO4S. The van der Waals surface area contributed by atoms with Gasteiger partial charge < -0.3 is 19.5 Å². The van der Waals surface area contributed by atoms with E-state index in [1.807, 2.05) is 31.2 Å². The Labute approximate surface area is 166 Å². The molecule has 28 heavy (non-hydrogen) atoms. The lowest BCUT2D eigenvalue weighted by atomic mass is 10.1. The van der Waals surface area contributed by atoms with E-state index in [1.54, 1.807) is 6.07 Å². The summed E-state index contributed by atoms with van der Waals surface area (Å²) in [6, 6.07) is 10.2. The SMILES string of the molecule is COCc1c(C(=O)NC(C)c2ccc3c(c2)OCCO3)sc2cccc(F)c12. The van der Waals surface area contributed by atoms with E-state index in [0.29, 0.717) is 40.5 Å². The van der Waals surface area contributed by atoms with Crippen molar-refractivity contribution in [2.75, 3.05) is 20.3 Å². The van der Waals surface area contributed by atoms with Gasteiger partial charge in [-0.1, -0.05) is 12.1 Å². The number of ether oxygens (including phenoxy) is 3. The molecule has 2 aromatic carbocycles. The van der Waals surface area contributed by atoms with E-state index in [-0.39, 0.29) is 24.4 Å². The van der Waals surface area contributed by atoms with Crippen molar-refractivity contribution in [3.05, 3.63) is 58.2 Å². The van der Waals surface area contributed by atoms with Crippen LogP contribution in [0.25, 0.3) is 10.1 Å². The largest absolute Gasteiger partial charge is 0.486 e. The minimum Gasteiger partial charge on any atom is -0.486 e. The molecule has 0 bridgehead atoms. The lowest BCUT2D eigenvalue weighted by Crippen LogP contribution is -2.27. The molecule has 1 atom stereocenters. The normalized spacial score (nSPS) is 14.1. The standard InChI is InChI=1S/C21H20FNO4S/c1-12(13-6-7-16-17(10-13)27-9-8-26-16)23-21(24)20-14(11-25-2)19-15(22)4-3-5-18(19)28-20/h3-7,10,12H,8-9,11H2,1-2H3,(H,23,24). The van der Waals surface area contributed by atoms with Crippen molar-refractivity contribution in [3.63, 3.8) is 0 Å². The topological polar surface area (TPSA) is 56.8 Å². The fourth-order valence-electron chi connectivity index (χ4n) is 3.31. The molecule has 1 aromatic heterocycles. The number of fused-ring (bicyclic) bond motifs is 2. The Bertz CT molecular complexity index is 1030. The lowest BCUT2D eigenvalue weighted by Gasteiger charge is -2.21. The van der Waals surface area contributed by atoms with Crippen molar-refractivity contribution in [1.29, 1.82) is 0 Å². The molecule has 2 heterocycles. The van der Waals surface area contributed by atoms with Gasteiger partial charge in [-0.2, -0.15) is 0 Å². The number of hydrogen-bond acceptors (Lipinski definition) is 5. The number of methoxy groups -OCH3 is 1. The first-order valence-corrected chi connectivity index (χ1v) is 9.79. The van der Waals surface area contributed by atoms with Crippen molar-refractivity contribution < 1.29 is 23.4 Å². The maximum atomic E-state index is 14.3. The molecule has 0 saturated heterocycles. The summed E-state index contributed by atoms with van der Waals surface area (Å²) in [5.74, 6) is 0.777. The molecule has 0 fully saturated rings. The Balaban J connectivity index is 1.61. The molecule has 1 unspecified atom stereocenters. The number of rotatable bonds is 5. The minimum atomic E-state index is -0.347. The summed E-state index contributed by atoms with van der Waals surface area (Å²) in [4.78, 5) is 13.4. The number of hydrogen-bond donors (Lipinski definition) is 1. The van der Waals surface area contributed by atoms with E-state index in [9.17, 15) is 9.18 Å². The molecule has 1 N–H and O–H groups in total. The Kier molecular flexibility index (Phi) is 5.19. The summed E-state index contributed by atoms with van der Waals surface area (Å²) in [5.41, 5.74) is 1.48. The third-order valence-electron chi connectivity index (χ3n) is 4.67. The fraction of sp³-hybridized carbons (Fsp3) is 0.286. The van der Waals surface area contributed by atoms with E-state index in [2.05, 4.69) is 5.32 Å². The van der Waals surface area contributed by atoms with Gasteiger partial charge in [-0.25, -0.2) is 4.39 Å². The first-order valence-electron chi connectivity index (χ1n) is 8.97. The zero-order valence-electron chi connectivity index (χ0n) is 15.6. The van der Waals surface area contributed by atoms with Crippen LogP contribution in [0.4, 0.5) is 4.39 Å². The second-order valence-electron chi connectivity index (χ2n) is 6.55. The van der Waals surface area contributed by atoms with Gasteiger partial charge in [0.05, 0.1) is 17.5 Å². The Morgan fingerprint density at radius 1 is 1.25 bits per heavy atom. The molecule has 0 radical (unpaired) electrons. The Hall–Kier alpha value is -2.64. The van der Waals surface area contributed by atoms with Crippen LogP contribution in [-0.4, -0.2) is 26.2 Å². The van der Waals surface area contributed by atoms with E-state index in [4.69, 9.17) is 14.2 Å². The minimum absolute atomic E-state index is 0.169. The maximum Gasteiger partial charge on any atom is 0.262 e. The van der Waals surface area contributed by atoms with Crippen LogP contribution in [0.3, 0.4) is 0 Å². The van der Waals surface area contributed by atoms with E-state index in [0.717, 1.165) is 10.3 Å². The van der Waals surface area contributed by atoms with Crippen LogP contribution >= 0.6 is 11.3 Å². The summed E-state index contributed by atoms with van der Waals surface area (Å²) < 4.78 is 31.4. The number of nitrogens with one attached hydrogen (secondary N) is 1. The second-order valence-corrected chi connectivity index (χ2v) is 7.61. The van der Waals surface area contributed by atoms with E-state index in [1.165, 1.54) is 24.5 Å². The van der Waals surface area contributed by atoms with Gasteiger partial charge in [0.2, 0.25) is 0 Å². The summed E-state index contributed by atoms with van der Waals surface area (Å²) >= 11 is 1.27. The third-order valence-corrected chi connectivity index (χ3v) is 5.87. The van der Waals surface area contributed by atoms with Gasteiger partial charge >= 0.3 is 0 Å². The third kappa shape index (κ3) is 3.43. The number of benzene rings is 2. The monoisotopic (exact) mass is 401 g/mol. The van der Waals surface area contributed by atoms with Gasteiger partial charge in [0.15, 0.2) is 11.5 Å². The van der Waals surface area contributed by atoms with E-state index < -0.39 is 0 Å². The second kappa shape index (κ2) is 7.77. The summed E-state index contributed by atoms with van der Waals surface area (Å²) in [6.45, 7) is 3.10. The average Bonchev–Trinajstić information content (AvgIpc) is 3.08. The van der Waals surface area contributed by atoms with Gasteiger partial charge in [0.1, 0.15) is 19.0 Å². The first-order chi connectivity index (χ1) is 13.6. The van der Waals surface area contributed by atoms with Crippen molar-refractivity contribution in [1.82, 2.24) is 5.32 Å². The molecule has 1 amide bonds. The molecule has 1 aliphatic heterocycles. The van der Waals surface area contributed by atoms with Crippen LogP contribution in [0, 0.1) is 5.82 Å². The van der Waals surface area contributed by atoms with Gasteiger partial charge in [-0.15, -0.1) is 11.3 Å². The van der Waals surface area contributed by atoms with Crippen molar-refractivity contribution >= 4 is 27.3 Å². The molecule has 1 aliphatic rings. The van der Waals surface area contributed by atoms with E-state index >= 15 is 0 Å². The Morgan fingerprint density at radius 3 is 2.82 bits per heavy atom. The van der Waals surface area contributed by atoms with Gasteiger partial charge in [0.25, 0.3) is 5.91 Å². The highest BCUT2D eigenvalue weighted by Gasteiger charge is 2.23. The van der Waals surface area contributed by atoms with Crippen molar-refractivity contribution in [2.45, 2.75) is 19.6 Å². The van der Waals surface area contributed by atoms with Gasteiger partial charge in [-0.05, 0) is 36.8 Å². The lowest BCUT2D eigenvalue weighted by molar-refractivity contribution is 0.0939. The smallest absolute Gasteiger partial charge is 0.262 e. The summed E-state index contributed by atoms with van der Waals surface area (Å²) in [7, 11) is 1.53. The van der Waals surface area contributed by atoms with Crippen molar-refractivity contribution in [3.8, 4) is 11.5 Å². The number of amides is 1. The Morgan fingerprint density at radius 2 is 2.04 bits per heavy atom. The molecule has 3 aromatic rings. The molecule has 5 nitrogen and oxygen atoms in total. The van der Waals surface area contributed by atoms with Crippen LogP contribution in [-0.2, 0) is 11.3 Å². The molecule has 0 aliphatic carbocycles. The number of halogens is 1. The molecular weight excluding hydrogens is 381 g/mol. The fourth-order valence-corrected chi connectivity index (χ4v) is 4.43. The first kappa shape index (κ1) is 18.7. The predicted octanol–water partition coefficient (Wildman–Crippen LogP) is 4.45. The zero-order chi connectivity index (χ0) is 19.7. The maximum absolute atomic E-state index is 14.3. The van der Waals surface area contributed by atoms with Crippen LogP contribution < -0.4 is 14.8 Å². The molecule has 0 spiro atoms. The molecule has 4 rings (SSSR count). The number of carbonyl (C=O) groups excluding carboxylic acids is 1. The van der Waals surface area contributed by atoms with Gasteiger partial charge in [-0.3, -0.25) is 4.79 Å². The quantitative estimate of drug-likeness (QED) is 0.686.